The number of anilines is 2. The molecule has 1 amide bonds. The molecule has 0 saturated carbocycles. The Morgan fingerprint density at radius 1 is 1.23 bits per heavy atom. The Morgan fingerprint density at radius 3 is 2.80 bits per heavy atom. The minimum atomic E-state index is 0.0412. The fourth-order valence-electron chi connectivity index (χ4n) is 5.47. The van der Waals surface area contributed by atoms with Crippen LogP contribution in [-0.2, 0) is 18.4 Å². The molecule has 2 fully saturated rings. The summed E-state index contributed by atoms with van der Waals surface area (Å²) in [4.78, 5) is 20.8. The van der Waals surface area contributed by atoms with Crippen LogP contribution in [0.1, 0.15) is 29.9 Å². The first-order chi connectivity index (χ1) is 17.1. The summed E-state index contributed by atoms with van der Waals surface area (Å²) in [5.74, 6) is 2.24. The largest absolute Gasteiger partial charge is 0.487 e. The Balaban J connectivity index is 1.15. The summed E-state index contributed by atoms with van der Waals surface area (Å²) in [7, 11) is 1.92. The van der Waals surface area contributed by atoms with Crippen molar-refractivity contribution in [2.75, 3.05) is 31.5 Å². The van der Waals surface area contributed by atoms with Gasteiger partial charge in [-0.1, -0.05) is 12.6 Å². The number of nitrogens with one attached hydrogen (secondary N) is 1. The van der Waals surface area contributed by atoms with Crippen molar-refractivity contribution in [2.24, 2.45) is 7.05 Å². The molecule has 0 bridgehead atoms. The van der Waals surface area contributed by atoms with Crippen LogP contribution < -0.4 is 10.1 Å². The summed E-state index contributed by atoms with van der Waals surface area (Å²) >= 11 is 0. The molecule has 0 aliphatic carbocycles. The molecule has 3 aliphatic rings. The van der Waals surface area contributed by atoms with E-state index in [9.17, 15) is 4.79 Å². The van der Waals surface area contributed by atoms with Crippen molar-refractivity contribution in [1.29, 1.82) is 0 Å². The lowest BCUT2D eigenvalue weighted by Crippen LogP contribution is -2.61. The van der Waals surface area contributed by atoms with Gasteiger partial charge in [0.05, 0.1) is 11.9 Å². The van der Waals surface area contributed by atoms with Gasteiger partial charge in [-0.25, -0.2) is 4.98 Å². The normalized spacial score (nSPS) is 18.5. The van der Waals surface area contributed by atoms with Gasteiger partial charge < -0.3 is 15.0 Å². The average molecular weight is 471 g/mol. The third-order valence-electron chi connectivity index (χ3n) is 7.57. The van der Waals surface area contributed by atoms with E-state index >= 15 is 0 Å². The van der Waals surface area contributed by atoms with Crippen molar-refractivity contribution in [3.05, 3.63) is 66.6 Å². The summed E-state index contributed by atoms with van der Waals surface area (Å²) in [5.41, 5.74) is 5.48. The van der Waals surface area contributed by atoms with Crippen LogP contribution in [0.5, 0.6) is 5.75 Å². The van der Waals surface area contributed by atoms with Gasteiger partial charge in [-0.05, 0) is 67.3 Å². The number of rotatable bonds is 4. The molecule has 8 heteroatoms. The molecule has 2 saturated heterocycles. The number of benzene rings is 1. The first-order valence-corrected chi connectivity index (χ1v) is 12.2. The van der Waals surface area contributed by atoms with E-state index in [2.05, 4.69) is 45.1 Å². The summed E-state index contributed by atoms with van der Waals surface area (Å²) < 4.78 is 8.03. The topological polar surface area (TPSA) is 75.5 Å². The lowest BCUT2D eigenvalue weighted by atomic mass is 9.88. The van der Waals surface area contributed by atoms with Crippen LogP contribution in [0.2, 0.25) is 0 Å². The van der Waals surface area contributed by atoms with Gasteiger partial charge in [-0.3, -0.25) is 14.4 Å². The fourth-order valence-corrected chi connectivity index (χ4v) is 5.47. The second kappa shape index (κ2) is 8.85. The number of amides is 1. The van der Waals surface area contributed by atoms with E-state index in [1.807, 2.05) is 36.6 Å². The zero-order valence-corrected chi connectivity index (χ0v) is 20.0. The Kier molecular flexibility index (Phi) is 5.53. The number of piperidine rings is 1. The number of aryl methyl sites for hydroxylation is 1. The average Bonchev–Trinajstić information content (AvgIpc) is 3.19. The number of ether oxygens (including phenoxy) is 1. The Hall–Kier alpha value is -3.65. The maximum Gasteiger partial charge on any atom is 0.246 e. The molecule has 1 aromatic carbocycles. The van der Waals surface area contributed by atoms with Crippen molar-refractivity contribution in [2.45, 2.75) is 31.4 Å². The van der Waals surface area contributed by atoms with Gasteiger partial charge in [0.1, 0.15) is 18.2 Å². The number of likely N-dealkylation sites (tertiary alicyclic amines) is 2. The molecule has 35 heavy (non-hydrogen) atoms. The van der Waals surface area contributed by atoms with Crippen LogP contribution in [0.25, 0.3) is 11.1 Å². The molecule has 180 valence electrons. The van der Waals surface area contributed by atoms with Gasteiger partial charge in [-0.2, -0.15) is 5.10 Å². The van der Waals surface area contributed by atoms with Crippen molar-refractivity contribution in [1.82, 2.24) is 24.6 Å². The summed E-state index contributed by atoms with van der Waals surface area (Å²) in [6, 6.07) is 9.03. The molecule has 5 heterocycles. The van der Waals surface area contributed by atoms with E-state index in [1.54, 1.807) is 4.68 Å². The summed E-state index contributed by atoms with van der Waals surface area (Å²) in [5, 5.41) is 7.87. The van der Waals surface area contributed by atoms with Crippen molar-refractivity contribution >= 4 is 17.4 Å². The quantitative estimate of drug-likeness (QED) is 0.586. The molecule has 3 aromatic rings. The number of aromatic nitrogens is 3. The number of pyridine rings is 1. The van der Waals surface area contributed by atoms with E-state index in [4.69, 9.17) is 4.74 Å². The predicted molar refractivity (Wildman–Crippen MR) is 135 cm³/mol. The number of hydrogen-bond donors (Lipinski definition) is 1. The molecule has 0 spiro atoms. The Labute approximate surface area is 205 Å². The van der Waals surface area contributed by atoms with Gasteiger partial charge in [0.25, 0.3) is 0 Å². The minimum absolute atomic E-state index is 0.0412. The number of nitrogens with zero attached hydrogens (tertiary/aromatic N) is 5. The highest BCUT2D eigenvalue weighted by molar-refractivity contribution is 5.87. The van der Waals surface area contributed by atoms with E-state index in [1.165, 1.54) is 11.6 Å². The van der Waals surface area contributed by atoms with Crippen LogP contribution in [0.15, 0.2) is 55.5 Å². The van der Waals surface area contributed by atoms with Crippen molar-refractivity contribution in [3.8, 4) is 16.9 Å². The Morgan fingerprint density at radius 2 is 2.06 bits per heavy atom. The zero-order valence-electron chi connectivity index (χ0n) is 20.0. The van der Waals surface area contributed by atoms with E-state index < -0.39 is 0 Å². The van der Waals surface area contributed by atoms with Crippen molar-refractivity contribution < 1.29 is 9.53 Å². The molecule has 3 aliphatic heterocycles. The molecule has 6 rings (SSSR count). The maximum atomic E-state index is 11.7. The highest BCUT2D eigenvalue weighted by Crippen LogP contribution is 2.40. The third kappa shape index (κ3) is 4.08. The smallest absolute Gasteiger partial charge is 0.246 e. The molecule has 2 aromatic heterocycles. The number of hydrogen-bond acceptors (Lipinski definition) is 6. The highest BCUT2D eigenvalue weighted by atomic mass is 16.5. The number of carbonyl (C=O) groups is 1. The second-order valence-electron chi connectivity index (χ2n) is 9.67. The maximum absolute atomic E-state index is 11.7. The molecule has 8 nitrogen and oxygen atoms in total. The third-order valence-corrected chi connectivity index (χ3v) is 7.57. The summed E-state index contributed by atoms with van der Waals surface area (Å²) in [6.45, 7) is 7.81. The predicted octanol–water partition coefficient (Wildman–Crippen LogP) is 3.69. The van der Waals surface area contributed by atoms with E-state index in [0.717, 1.165) is 73.0 Å². The van der Waals surface area contributed by atoms with Gasteiger partial charge in [0.2, 0.25) is 5.91 Å². The molecular weight excluding hydrogens is 440 g/mol. The van der Waals surface area contributed by atoms with E-state index in [-0.39, 0.29) is 5.91 Å². The van der Waals surface area contributed by atoms with Crippen LogP contribution in [-0.4, -0.2) is 62.7 Å². The Bertz CT molecular complexity index is 1270. The van der Waals surface area contributed by atoms with Gasteiger partial charge >= 0.3 is 0 Å². The van der Waals surface area contributed by atoms with Crippen LogP contribution in [0.3, 0.4) is 0 Å². The SMILES string of the molecule is C=CC(=O)N1CC(N2CCC(c3ccc4c(c3)Nc3nccc(-c5cnn(C)c5)c3CO4)CC2)C1. The minimum Gasteiger partial charge on any atom is -0.487 e. The zero-order chi connectivity index (χ0) is 23.9. The van der Waals surface area contributed by atoms with Gasteiger partial charge in [0.15, 0.2) is 0 Å². The van der Waals surface area contributed by atoms with E-state index in [0.29, 0.717) is 18.6 Å². The lowest BCUT2D eigenvalue weighted by Gasteiger charge is -2.47. The molecule has 0 unspecified atom stereocenters. The molecule has 0 atom stereocenters. The number of carbonyl (C=O) groups excluding carboxylic acids is 1. The van der Waals surface area contributed by atoms with Gasteiger partial charge in [-0.15, -0.1) is 0 Å². The lowest BCUT2D eigenvalue weighted by molar-refractivity contribution is -0.133. The fraction of sp³-hybridized carbons (Fsp3) is 0.370. The second-order valence-corrected chi connectivity index (χ2v) is 9.67. The summed E-state index contributed by atoms with van der Waals surface area (Å²) in [6.07, 6.45) is 9.36. The molecule has 1 N–H and O–H groups in total. The first kappa shape index (κ1) is 21.9. The monoisotopic (exact) mass is 470 g/mol. The van der Waals surface area contributed by atoms with Crippen LogP contribution >= 0.6 is 0 Å². The first-order valence-electron chi connectivity index (χ1n) is 12.2. The van der Waals surface area contributed by atoms with Gasteiger partial charge in [0, 0.05) is 49.7 Å². The molecular formula is C27H30N6O2. The van der Waals surface area contributed by atoms with Crippen LogP contribution in [0.4, 0.5) is 11.5 Å². The van der Waals surface area contributed by atoms with Crippen molar-refractivity contribution in [3.63, 3.8) is 0 Å². The van der Waals surface area contributed by atoms with Crippen LogP contribution in [0, 0.1) is 0 Å². The molecule has 0 radical (unpaired) electrons. The standard InChI is InChI=1S/C27H30N6O2/c1-3-26(34)33-15-21(16-33)32-10-7-18(8-11-32)19-4-5-25-24(12-19)30-27-23(17-35-25)22(6-9-28-27)20-13-29-31(2)14-20/h3-6,9,12-14,18,21H,1,7-8,10-11,15-17H2,2H3,(H,28,30). The highest BCUT2D eigenvalue weighted by Gasteiger charge is 2.35. The number of fused-ring (bicyclic) bond motifs is 2.